The molecule has 0 radical (unpaired) electrons. The zero-order valence-electron chi connectivity index (χ0n) is 26.1. The molecular weight excluding hydrogens is 546 g/mol. The van der Waals surface area contributed by atoms with Crippen LogP contribution in [-0.2, 0) is 45.7 Å². The molecule has 0 N–H and O–H groups in total. The molecule has 236 valence electrons. The van der Waals surface area contributed by atoms with Gasteiger partial charge in [-0.1, -0.05) is 66.2 Å². The van der Waals surface area contributed by atoms with E-state index in [1.54, 1.807) is 6.92 Å². The standard InChI is InChI=1S/C27H58O10P2/c1-10-14-16-26(12-3)21-35-38(28,30-8)34-20-24(6)32-18-23(5)33-19-25(7)37-39(29,31-9)36-22-27(13-4)17-15-11-2/h23-27H,10-22H2,1-9H3. The quantitative estimate of drug-likeness (QED) is 0.0851. The van der Waals surface area contributed by atoms with Gasteiger partial charge in [0.2, 0.25) is 0 Å². The van der Waals surface area contributed by atoms with Gasteiger partial charge in [0.05, 0.1) is 51.3 Å². The van der Waals surface area contributed by atoms with Crippen LogP contribution in [0.25, 0.3) is 0 Å². The second kappa shape index (κ2) is 22.7. The average molecular weight is 605 g/mol. The van der Waals surface area contributed by atoms with E-state index in [2.05, 4.69) is 27.7 Å². The number of hydrogen-bond acceptors (Lipinski definition) is 10. The van der Waals surface area contributed by atoms with Crippen LogP contribution >= 0.6 is 15.6 Å². The average Bonchev–Trinajstić information content (AvgIpc) is 2.94. The molecule has 0 spiro atoms. The number of unbranched alkanes of at least 4 members (excludes halogenated alkanes) is 2. The van der Waals surface area contributed by atoms with Crippen LogP contribution in [0.5, 0.6) is 0 Å². The Balaban J connectivity index is 4.42. The van der Waals surface area contributed by atoms with Gasteiger partial charge >= 0.3 is 15.6 Å². The molecule has 0 saturated heterocycles. The third-order valence-corrected chi connectivity index (χ3v) is 9.39. The lowest BCUT2D eigenvalue weighted by molar-refractivity contribution is -0.0633. The van der Waals surface area contributed by atoms with Crippen molar-refractivity contribution in [3.05, 3.63) is 0 Å². The fourth-order valence-electron chi connectivity index (χ4n) is 3.60. The molecule has 0 amide bonds. The predicted molar refractivity (Wildman–Crippen MR) is 155 cm³/mol. The highest BCUT2D eigenvalue weighted by Gasteiger charge is 2.30. The van der Waals surface area contributed by atoms with E-state index in [0.29, 0.717) is 25.0 Å². The van der Waals surface area contributed by atoms with Crippen molar-refractivity contribution < 1.29 is 45.7 Å². The molecule has 12 heteroatoms. The summed E-state index contributed by atoms with van der Waals surface area (Å²) in [5, 5.41) is 0. The van der Waals surface area contributed by atoms with Crippen LogP contribution in [-0.4, -0.2) is 65.6 Å². The molecule has 0 aromatic rings. The van der Waals surface area contributed by atoms with Gasteiger partial charge in [-0.25, -0.2) is 9.13 Å². The summed E-state index contributed by atoms with van der Waals surface area (Å²) in [6, 6.07) is 0. The van der Waals surface area contributed by atoms with Crippen LogP contribution in [0.4, 0.5) is 0 Å². The zero-order valence-corrected chi connectivity index (χ0v) is 27.8. The maximum absolute atomic E-state index is 12.9. The fraction of sp³-hybridized carbons (Fsp3) is 1.00. The Morgan fingerprint density at radius 3 is 1.41 bits per heavy atom. The van der Waals surface area contributed by atoms with E-state index < -0.39 is 21.7 Å². The van der Waals surface area contributed by atoms with Crippen LogP contribution in [0.15, 0.2) is 0 Å². The largest absolute Gasteiger partial charge is 0.474 e. The number of hydrogen-bond donors (Lipinski definition) is 0. The number of phosphoric acid groups is 2. The van der Waals surface area contributed by atoms with Crippen molar-refractivity contribution in [2.45, 2.75) is 118 Å². The minimum atomic E-state index is -3.67. The van der Waals surface area contributed by atoms with Crippen molar-refractivity contribution in [3.8, 4) is 0 Å². The maximum Gasteiger partial charge on any atom is 0.474 e. The van der Waals surface area contributed by atoms with E-state index in [9.17, 15) is 9.13 Å². The first-order valence-corrected chi connectivity index (χ1v) is 17.6. The first-order chi connectivity index (χ1) is 18.5. The van der Waals surface area contributed by atoms with Crippen LogP contribution in [0.1, 0.15) is 99.8 Å². The summed E-state index contributed by atoms with van der Waals surface area (Å²) in [7, 11) is -4.68. The van der Waals surface area contributed by atoms with Gasteiger partial charge in [0.1, 0.15) is 0 Å². The van der Waals surface area contributed by atoms with Crippen molar-refractivity contribution in [1.29, 1.82) is 0 Å². The second-order valence-electron chi connectivity index (χ2n) is 10.2. The van der Waals surface area contributed by atoms with Crippen molar-refractivity contribution in [2.75, 3.05) is 47.3 Å². The van der Waals surface area contributed by atoms with E-state index in [4.69, 9.17) is 36.6 Å². The van der Waals surface area contributed by atoms with Crippen molar-refractivity contribution in [3.63, 3.8) is 0 Å². The molecule has 7 atom stereocenters. The summed E-state index contributed by atoms with van der Waals surface area (Å²) in [6.07, 6.45) is 7.21. The highest BCUT2D eigenvalue weighted by Crippen LogP contribution is 2.50. The Hall–Kier alpha value is 0.140. The van der Waals surface area contributed by atoms with E-state index in [-0.39, 0.29) is 32.0 Å². The molecule has 0 aromatic heterocycles. The van der Waals surface area contributed by atoms with Gasteiger partial charge in [0.15, 0.2) is 0 Å². The summed E-state index contributed by atoms with van der Waals surface area (Å²) in [4.78, 5) is 0. The monoisotopic (exact) mass is 604 g/mol. The van der Waals surface area contributed by atoms with Crippen LogP contribution in [0, 0.1) is 11.8 Å². The molecule has 10 nitrogen and oxygen atoms in total. The molecule has 0 aliphatic carbocycles. The van der Waals surface area contributed by atoms with Crippen LogP contribution in [0.2, 0.25) is 0 Å². The lowest BCUT2D eigenvalue weighted by atomic mass is 10.0. The first kappa shape index (κ1) is 39.1. The van der Waals surface area contributed by atoms with Gasteiger partial charge in [-0.05, 0) is 45.4 Å². The van der Waals surface area contributed by atoms with Crippen LogP contribution < -0.4 is 0 Å². The van der Waals surface area contributed by atoms with Crippen LogP contribution in [0.3, 0.4) is 0 Å². The van der Waals surface area contributed by atoms with E-state index in [1.165, 1.54) is 14.2 Å². The summed E-state index contributed by atoms with van der Waals surface area (Å²) >= 11 is 0. The lowest BCUT2D eigenvalue weighted by Gasteiger charge is -2.24. The topological polar surface area (TPSA) is 108 Å². The molecular formula is C27H58O10P2. The Bertz CT molecular complexity index is 681. The van der Waals surface area contributed by atoms with E-state index in [0.717, 1.165) is 51.4 Å². The highest BCUT2D eigenvalue weighted by atomic mass is 31.2. The molecule has 0 aliphatic heterocycles. The van der Waals surface area contributed by atoms with Gasteiger partial charge in [-0.2, -0.15) is 0 Å². The van der Waals surface area contributed by atoms with Gasteiger partial charge in [0.25, 0.3) is 0 Å². The molecule has 0 heterocycles. The van der Waals surface area contributed by atoms with Gasteiger partial charge in [-0.15, -0.1) is 0 Å². The van der Waals surface area contributed by atoms with Crippen molar-refractivity contribution >= 4 is 15.6 Å². The summed E-state index contributed by atoms with van der Waals surface area (Å²) < 4.78 is 69.5. The third kappa shape index (κ3) is 19.0. The Kier molecular flexibility index (Phi) is 22.8. The van der Waals surface area contributed by atoms with Gasteiger partial charge < -0.3 is 9.47 Å². The first-order valence-electron chi connectivity index (χ1n) is 14.7. The molecule has 0 saturated carbocycles. The van der Waals surface area contributed by atoms with Gasteiger partial charge in [-0.3, -0.25) is 27.1 Å². The van der Waals surface area contributed by atoms with Crippen molar-refractivity contribution in [2.24, 2.45) is 11.8 Å². The Morgan fingerprint density at radius 1 is 0.564 bits per heavy atom. The summed E-state index contributed by atoms with van der Waals surface area (Å²) in [5.74, 6) is 0.633. The second-order valence-corrected chi connectivity index (χ2v) is 13.7. The van der Waals surface area contributed by atoms with Gasteiger partial charge in [0, 0.05) is 14.2 Å². The number of rotatable bonds is 27. The smallest absolute Gasteiger partial charge is 0.373 e. The van der Waals surface area contributed by atoms with E-state index in [1.807, 2.05) is 13.8 Å². The molecule has 0 aliphatic rings. The molecule has 7 unspecified atom stereocenters. The minimum absolute atomic E-state index is 0.0501. The zero-order chi connectivity index (χ0) is 29.7. The Labute approximate surface area is 238 Å². The normalized spacial score (nSPS) is 19.1. The number of ether oxygens (including phenoxy) is 2. The fourth-order valence-corrected chi connectivity index (χ4v) is 5.82. The maximum atomic E-state index is 12.9. The number of phosphoric ester groups is 2. The molecule has 39 heavy (non-hydrogen) atoms. The predicted octanol–water partition coefficient (Wildman–Crippen LogP) is 8.19. The minimum Gasteiger partial charge on any atom is -0.373 e. The van der Waals surface area contributed by atoms with E-state index >= 15 is 0 Å². The molecule has 0 fully saturated rings. The lowest BCUT2D eigenvalue weighted by Crippen LogP contribution is -2.26. The Morgan fingerprint density at radius 2 is 0.974 bits per heavy atom. The molecule has 0 aromatic carbocycles. The third-order valence-electron chi connectivity index (χ3n) is 6.48. The SMILES string of the molecule is CCCCC(CC)COP(=O)(OC)OCC(C)OCC(C)OCC(C)OP(=O)(OC)OCC(CC)CCCC. The molecule has 0 bridgehead atoms. The summed E-state index contributed by atoms with van der Waals surface area (Å²) in [5.41, 5.74) is 0. The van der Waals surface area contributed by atoms with Crippen molar-refractivity contribution in [1.82, 2.24) is 0 Å². The summed E-state index contributed by atoms with van der Waals surface area (Å²) in [6.45, 7) is 15.1. The highest BCUT2D eigenvalue weighted by molar-refractivity contribution is 7.48. The molecule has 0 rings (SSSR count).